The first kappa shape index (κ1) is 57.8. The van der Waals surface area contributed by atoms with Crippen LogP contribution in [0.1, 0.15) is 119 Å². The molecule has 0 radical (unpaired) electrons. The minimum Gasteiger partial charge on any atom is -0.348 e. The van der Waals surface area contributed by atoms with Gasteiger partial charge in [0.1, 0.15) is 36.6 Å². The SMILES string of the molecule is CC1(C)OC[C@@H]([C@@H]2CC[C@H]3OC(C)(C)O[C@@H]23)O1.CC1(C)OC[C@H]([C@H]2OC(c3ccccc3)O[C@H]3COS(=O)(=O)O[C@@H]23)O1.CC1(C)O[C@@H]2[C@@H]([C@H]3COC(C)(C)O3)CC[C@@H]2O1.O=S1(=O)OC[C@H]2O[C@@H](c3ccccc3)OC[C@@H]2O1. The molecule has 9 aliphatic heterocycles. The molecule has 9 saturated heterocycles. The highest BCUT2D eigenvalue weighted by Crippen LogP contribution is 2.47. The van der Waals surface area contributed by atoms with E-state index in [4.69, 9.17) is 78.9 Å². The lowest BCUT2D eigenvalue weighted by atomic mass is 9.99. The van der Waals surface area contributed by atoms with Crippen LogP contribution >= 0.6 is 0 Å². The van der Waals surface area contributed by atoms with Crippen molar-refractivity contribution in [3.63, 3.8) is 0 Å². The van der Waals surface area contributed by atoms with Crippen LogP contribution < -0.4 is 0 Å². The Morgan fingerprint density at radius 1 is 0.364 bits per heavy atom. The zero-order valence-electron chi connectivity index (χ0n) is 45.4. The van der Waals surface area contributed by atoms with Gasteiger partial charge in [0.25, 0.3) is 0 Å². The first-order valence-corrected chi connectivity index (χ1v) is 29.4. The standard InChI is InChI=1S/C16H20O8S.2C13H22O4.C11H12O6S/c1-16(2)19-8-12(23-16)13-14-11(9-20-25(17,18)24-14)21-15(22-13)10-6-4-3-5-7-10;2*1-12(2)14-7-10(16-12)8-5-6-9-11(8)17-13(3,4)15-9;12-18(13)15-7-9-10(17-18)6-14-11(16-9)8-4-2-1-3-5-8/h3-7,11-15H,8-9H2,1-2H3;2*8-11H,5-7H2,1-4H3;1-5,9-11H,6-7H2/t11-,12+,13+,14+,15?;2*8-,9+,10-,11-;9-,10+,11+/m0101/s1. The van der Waals surface area contributed by atoms with E-state index >= 15 is 0 Å². The highest BCUT2D eigenvalue weighted by molar-refractivity contribution is 7.82. The summed E-state index contributed by atoms with van der Waals surface area (Å²) in [5, 5.41) is 0. The van der Waals surface area contributed by atoms with Gasteiger partial charge in [-0.25, -0.2) is 16.7 Å². The van der Waals surface area contributed by atoms with Crippen molar-refractivity contribution in [3.8, 4) is 0 Å². The molecular weight excluding hydrogens is 1050 g/mol. The minimum atomic E-state index is -4.08. The third-order valence-electron chi connectivity index (χ3n) is 15.0. The molecule has 0 spiro atoms. The summed E-state index contributed by atoms with van der Waals surface area (Å²) in [4.78, 5) is 0. The smallest absolute Gasteiger partial charge is 0.348 e. The van der Waals surface area contributed by atoms with Crippen LogP contribution in [0.3, 0.4) is 0 Å². The molecule has 0 amide bonds. The fraction of sp³-hybridized carbons (Fsp3) is 0.774. The van der Waals surface area contributed by atoms with Crippen molar-refractivity contribution < 1.29 is 99.9 Å². The molecule has 11 fully saturated rings. The Balaban J connectivity index is 0.000000118. The summed E-state index contributed by atoms with van der Waals surface area (Å²) in [6.07, 6.45) is 0.601. The molecule has 24 heteroatoms. The number of hydrogen-bond donors (Lipinski definition) is 0. The summed E-state index contributed by atoms with van der Waals surface area (Å²) < 4.78 is 146. The first-order chi connectivity index (χ1) is 36.2. The predicted octanol–water partition coefficient (Wildman–Crippen LogP) is 6.18. The number of benzene rings is 2. The minimum absolute atomic E-state index is 0.0420. The van der Waals surface area contributed by atoms with E-state index in [0.29, 0.717) is 25.0 Å². The Bertz CT molecular complexity index is 2470. The second-order valence-electron chi connectivity index (χ2n) is 23.2. The zero-order valence-corrected chi connectivity index (χ0v) is 47.0. The quantitative estimate of drug-likeness (QED) is 0.325. The van der Waals surface area contributed by atoms with Crippen LogP contribution in [0.2, 0.25) is 0 Å². The van der Waals surface area contributed by atoms with Crippen molar-refractivity contribution in [3.05, 3.63) is 71.8 Å². The van der Waals surface area contributed by atoms with Gasteiger partial charge in [0.2, 0.25) is 0 Å². The summed E-state index contributed by atoms with van der Waals surface area (Å²) in [6, 6.07) is 18.8. The highest BCUT2D eigenvalue weighted by atomic mass is 32.3. The van der Waals surface area contributed by atoms with Crippen LogP contribution in [0, 0.1) is 11.8 Å². The lowest BCUT2D eigenvalue weighted by Gasteiger charge is -2.44. The molecule has 13 rings (SSSR count). The number of fused-ring (bicyclic) bond motifs is 4. The second-order valence-corrected chi connectivity index (χ2v) is 25.7. The van der Waals surface area contributed by atoms with Gasteiger partial charge in [-0.3, -0.25) is 0 Å². The van der Waals surface area contributed by atoms with Crippen LogP contribution in [-0.2, 0) is 104 Å². The Morgan fingerprint density at radius 3 is 1.27 bits per heavy atom. The summed E-state index contributed by atoms with van der Waals surface area (Å²) in [6.45, 7) is 21.0. The maximum absolute atomic E-state index is 11.7. The van der Waals surface area contributed by atoms with E-state index in [1.54, 1.807) is 13.8 Å². The van der Waals surface area contributed by atoms with Gasteiger partial charge in [-0.1, -0.05) is 60.7 Å². The molecule has 2 aliphatic carbocycles. The van der Waals surface area contributed by atoms with Gasteiger partial charge in [-0.2, -0.15) is 16.8 Å². The van der Waals surface area contributed by atoms with Gasteiger partial charge >= 0.3 is 20.8 Å². The second kappa shape index (κ2) is 22.4. The van der Waals surface area contributed by atoms with Gasteiger partial charge in [-0.05, 0) is 94.9 Å². The molecule has 0 N–H and O–H groups in total. The van der Waals surface area contributed by atoms with Crippen LogP contribution in [0.5, 0.6) is 0 Å². The van der Waals surface area contributed by atoms with Gasteiger partial charge in [0.05, 0.1) is 76.3 Å². The normalized spacial score (nSPS) is 41.9. The van der Waals surface area contributed by atoms with E-state index in [1.165, 1.54) is 0 Å². The molecule has 2 aromatic carbocycles. The molecule has 11 aliphatic rings. The molecule has 9 heterocycles. The molecule has 1 unspecified atom stereocenters. The Hall–Kier alpha value is -2.38. The van der Waals surface area contributed by atoms with Crippen molar-refractivity contribution in [2.24, 2.45) is 11.8 Å². The van der Waals surface area contributed by atoms with Crippen molar-refractivity contribution >= 4 is 20.8 Å². The Labute approximate surface area is 452 Å². The molecular formula is C53H76O22S2. The fourth-order valence-corrected chi connectivity index (χ4v) is 13.4. The Kier molecular flexibility index (Phi) is 16.8. The summed E-state index contributed by atoms with van der Waals surface area (Å²) in [7, 11) is -7.98. The van der Waals surface area contributed by atoms with Crippen molar-refractivity contribution in [2.75, 3.05) is 39.6 Å². The maximum atomic E-state index is 11.7. The highest BCUT2D eigenvalue weighted by Gasteiger charge is 2.56. The largest absolute Gasteiger partial charge is 0.400 e. The molecule has 2 saturated carbocycles. The molecule has 77 heavy (non-hydrogen) atoms. The molecule has 22 nitrogen and oxygen atoms in total. The average molecular weight is 1130 g/mol. The third-order valence-corrected chi connectivity index (χ3v) is 16.8. The molecule has 0 aromatic heterocycles. The van der Waals surface area contributed by atoms with E-state index in [0.717, 1.165) is 36.8 Å². The molecule has 2 aromatic rings. The van der Waals surface area contributed by atoms with Crippen molar-refractivity contribution in [1.82, 2.24) is 0 Å². The van der Waals surface area contributed by atoms with Gasteiger partial charge in [0.15, 0.2) is 41.5 Å². The van der Waals surface area contributed by atoms with E-state index < -0.39 is 98.9 Å². The zero-order chi connectivity index (χ0) is 54.8. The lowest BCUT2D eigenvalue weighted by Crippen LogP contribution is -2.58. The van der Waals surface area contributed by atoms with Gasteiger partial charge in [0, 0.05) is 23.0 Å². The van der Waals surface area contributed by atoms with Crippen LogP contribution in [0.15, 0.2) is 60.7 Å². The lowest BCUT2D eigenvalue weighted by molar-refractivity contribution is -0.313. The van der Waals surface area contributed by atoms with Gasteiger partial charge in [-0.15, -0.1) is 0 Å². The number of rotatable bonds is 5. The van der Waals surface area contributed by atoms with E-state index in [1.807, 2.05) is 116 Å². The summed E-state index contributed by atoms with van der Waals surface area (Å²) >= 11 is 0. The van der Waals surface area contributed by atoms with Crippen LogP contribution in [-0.4, -0.2) is 159 Å². The van der Waals surface area contributed by atoms with Crippen LogP contribution in [0.25, 0.3) is 0 Å². The van der Waals surface area contributed by atoms with E-state index in [2.05, 4.69) is 4.18 Å². The average Bonchev–Trinajstić information content (AvgIpc) is 4.33. The molecule has 0 bridgehead atoms. The van der Waals surface area contributed by atoms with E-state index in [9.17, 15) is 16.8 Å². The Morgan fingerprint density at radius 2 is 0.792 bits per heavy atom. The topological polar surface area (TPSA) is 234 Å². The van der Waals surface area contributed by atoms with Crippen molar-refractivity contribution in [1.29, 1.82) is 0 Å². The molecule has 432 valence electrons. The number of hydrogen-bond acceptors (Lipinski definition) is 22. The summed E-state index contributed by atoms with van der Waals surface area (Å²) in [5.74, 6) is -1.73. The van der Waals surface area contributed by atoms with Gasteiger partial charge < -0.3 is 66.3 Å². The molecule has 16 atom stereocenters. The predicted molar refractivity (Wildman–Crippen MR) is 266 cm³/mol. The summed E-state index contributed by atoms with van der Waals surface area (Å²) in [5.41, 5.74) is 1.70. The fourth-order valence-electron chi connectivity index (χ4n) is 11.7. The maximum Gasteiger partial charge on any atom is 0.400 e. The van der Waals surface area contributed by atoms with Crippen LogP contribution in [0.4, 0.5) is 0 Å². The number of ether oxygens (including phenoxy) is 14. The monoisotopic (exact) mass is 1130 g/mol. The van der Waals surface area contributed by atoms with E-state index in [-0.39, 0.29) is 63.1 Å². The first-order valence-electron chi connectivity index (χ1n) is 26.7. The third kappa shape index (κ3) is 14.1. The van der Waals surface area contributed by atoms with Crippen molar-refractivity contribution in [2.45, 2.75) is 210 Å².